The first kappa shape index (κ1) is 15.2. The van der Waals surface area contributed by atoms with Gasteiger partial charge >= 0.3 is 5.97 Å². The maximum Gasteiger partial charge on any atom is 0.361 e. The highest BCUT2D eigenvalue weighted by molar-refractivity contribution is 6.44. The summed E-state index contributed by atoms with van der Waals surface area (Å²) in [6.07, 6.45) is 0. The Kier molecular flexibility index (Phi) is 4.39. The second-order valence-corrected chi connectivity index (χ2v) is 4.54. The Labute approximate surface area is 128 Å². The number of aromatic nitrogens is 3. The first-order valence-electron chi connectivity index (χ1n) is 5.68. The van der Waals surface area contributed by atoms with Crippen molar-refractivity contribution in [3.8, 4) is 11.3 Å². The van der Waals surface area contributed by atoms with E-state index in [1.54, 1.807) is 6.92 Å². The number of hydrogen-bond donors (Lipinski definition) is 1. The molecule has 0 saturated heterocycles. The van der Waals surface area contributed by atoms with Crippen molar-refractivity contribution in [2.45, 2.75) is 6.92 Å². The Morgan fingerprint density at radius 1 is 1.43 bits per heavy atom. The number of carbonyl (C=O) groups excluding carboxylic acids is 1. The van der Waals surface area contributed by atoms with Crippen LogP contribution >= 0.6 is 23.2 Å². The molecule has 0 fully saturated rings. The summed E-state index contributed by atoms with van der Waals surface area (Å²) >= 11 is 11.9. The molecule has 0 bridgehead atoms. The molecule has 0 aliphatic heterocycles. The van der Waals surface area contributed by atoms with Crippen LogP contribution in [-0.4, -0.2) is 32.9 Å². The van der Waals surface area contributed by atoms with Crippen LogP contribution in [-0.2, 0) is 4.74 Å². The monoisotopic (exact) mass is 330 g/mol. The zero-order valence-corrected chi connectivity index (χ0v) is 12.1. The average Bonchev–Trinajstić information content (AvgIpc) is 2.90. The fraction of sp³-hybridized carbons (Fsp3) is 0.182. The van der Waals surface area contributed by atoms with Crippen molar-refractivity contribution in [2.75, 3.05) is 6.61 Å². The second-order valence-electron chi connectivity index (χ2n) is 3.75. The number of ether oxygens (including phenoxy) is 1. The quantitative estimate of drug-likeness (QED) is 0.524. The Balaban J connectivity index is 2.68. The molecule has 0 aliphatic rings. The fourth-order valence-electron chi connectivity index (χ4n) is 1.66. The molecule has 10 heteroatoms. The zero-order chi connectivity index (χ0) is 15.6. The van der Waals surface area contributed by atoms with E-state index in [0.29, 0.717) is 0 Å². The summed E-state index contributed by atoms with van der Waals surface area (Å²) in [6, 6.07) is 2.46. The molecule has 0 radical (unpaired) electrons. The van der Waals surface area contributed by atoms with Gasteiger partial charge in [0.2, 0.25) is 0 Å². The molecule has 0 atom stereocenters. The molecule has 110 valence electrons. The number of halogens is 2. The smallest absolute Gasteiger partial charge is 0.361 e. The summed E-state index contributed by atoms with van der Waals surface area (Å²) in [4.78, 5) is 22.3. The van der Waals surface area contributed by atoms with Gasteiger partial charge in [-0.1, -0.05) is 23.2 Å². The molecule has 0 saturated carbocycles. The molecule has 0 spiro atoms. The molecule has 0 aliphatic carbocycles. The van der Waals surface area contributed by atoms with Crippen molar-refractivity contribution in [3.05, 3.63) is 38.0 Å². The third kappa shape index (κ3) is 2.81. The Morgan fingerprint density at radius 2 is 2.14 bits per heavy atom. The first-order chi connectivity index (χ1) is 9.97. The van der Waals surface area contributed by atoms with Crippen molar-refractivity contribution >= 4 is 34.9 Å². The molecule has 2 rings (SSSR count). The molecule has 1 heterocycles. The van der Waals surface area contributed by atoms with E-state index in [1.807, 2.05) is 0 Å². The van der Waals surface area contributed by atoms with Crippen LogP contribution in [0, 0.1) is 10.1 Å². The predicted octanol–water partition coefficient (Wildman–Crippen LogP) is 2.86. The van der Waals surface area contributed by atoms with Crippen molar-refractivity contribution in [1.82, 2.24) is 15.4 Å². The molecular weight excluding hydrogens is 323 g/mol. The van der Waals surface area contributed by atoms with Crippen LogP contribution < -0.4 is 0 Å². The molecule has 1 aromatic heterocycles. The van der Waals surface area contributed by atoms with Gasteiger partial charge in [0, 0.05) is 6.07 Å². The van der Waals surface area contributed by atoms with Gasteiger partial charge in [-0.2, -0.15) is 10.3 Å². The zero-order valence-electron chi connectivity index (χ0n) is 10.6. The van der Waals surface area contributed by atoms with Crippen LogP contribution in [0.5, 0.6) is 0 Å². The number of esters is 1. The molecule has 8 nitrogen and oxygen atoms in total. The summed E-state index contributed by atoms with van der Waals surface area (Å²) in [5, 5.41) is 20.7. The standard InChI is InChI=1S/C11H8Cl2N4O4/c1-2-21-11(18)10-9(14-16-15-10)7-6(17(19)20)4-3-5(12)8(7)13/h3-4H,2H2,1H3,(H,14,15,16). The van der Waals surface area contributed by atoms with Gasteiger partial charge in [0.15, 0.2) is 5.69 Å². The minimum atomic E-state index is -0.772. The topological polar surface area (TPSA) is 111 Å². The van der Waals surface area contributed by atoms with E-state index in [9.17, 15) is 14.9 Å². The maximum absolute atomic E-state index is 11.8. The predicted molar refractivity (Wildman–Crippen MR) is 74.4 cm³/mol. The number of nitrogens with zero attached hydrogens (tertiary/aromatic N) is 3. The Hall–Kier alpha value is -2.19. The van der Waals surface area contributed by atoms with Gasteiger partial charge < -0.3 is 4.74 Å². The SMILES string of the molecule is CCOC(=O)c1n[nH]nc1-c1c([N+](=O)[O-])ccc(Cl)c1Cl. The summed E-state index contributed by atoms with van der Waals surface area (Å²) in [5.41, 5.74) is -0.730. The first-order valence-corrected chi connectivity index (χ1v) is 6.43. The van der Waals surface area contributed by atoms with E-state index < -0.39 is 10.9 Å². The van der Waals surface area contributed by atoms with Gasteiger partial charge in [-0.15, -0.1) is 5.10 Å². The maximum atomic E-state index is 11.8. The van der Waals surface area contributed by atoms with Gasteiger partial charge in [-0.3, -0.25) is 10.1 Å². The molecule has 0 unspecified atom stereocenters. The van der Waals surface area contributed by atoms with E-state index in [-0.39, 0.29) is 39.3 Å². The highest BCUT2D eigenvalue weighted by atomic mass is 35.5. The van der Waals surface area contributed by atoms with Crippen LogP contribution in [0.15, 0.2) is 12.1 Å². The molecule has 1 N–H and O–H groups in total. The molecular formula is C11H8Cl2N4O4. The number of hydrogen-bond acceptors (Lipinski definition) is 6. The average molecular weight is 331 g/mol. The number of H-pyrrole nitrogens is 1. The lowest BCUT2D eigenvalue weighted by Crippen LogP contribution is -2.07. The largest absolute Gasteiger partial charge is 0.461 e. The van der Waals surface area contributed by atoms with E-state index in [1.165, 1.54) is 12.1 Å². The van der Waals surface area contributed by atoms with Crippen LogP contribution in [0.1, 0.15) is 17.4 Å². The molecule has 2 aromatic rings. The molecule has 0 amide bonds. The number of nitro benzene ring substituents is 1. The molecule has 21 heavy (non-hydrogen) atoms. The van der Waals surface area contributed by atoms with Crippen LogP contribution in [0.25, 0.3) is 11.3 Å². The summed E-state index contributed by atoms with van der Waals surface area (Å²) in [6.45, 7) is 1.74. The third-order valence-corrected chi connectivity index (χ3v) is 3.33. The Bertz CT molecular complexity index is 716. The van der Waals surface area contributed by atoms with E-state index in [2.05, 4.69) is 15.4 Å². The van der Waals surface area contributed by atoms with Gasteiger partial charge in [-0.05, 0) is 13.0 Å². The minimum absolute atomic E-state index is 0.0901. The summed E-state index contributed by atoms with van der Waals surface area (Å²) in [7, 11) is 0. The van der Waals surface area contributed by atoms with Gasteiger partial charge in [-0.25, -0.2) is 4.79 Å². The van der Waals surface area contributed by atoms with Gasteiger partial charge in [0.25, 0.3) is 5.69 Å². The van der Waals surface area contributed by atoms with E-state index in [4.69, 9.17) is 27.9 Å². The number of nitrogens with one attached hydrogen (secondary N) is 1. The van der Waals surface area contributed by atoms with E-state index >= 15 is 0 Å². The van der Waals surface area contributed by atoms with Crippen molar-refractivity contribution in [2.24, 2.45) is 0 Å². The van der Waals surface area contributed by atoms with Crippen molar-refractivity contribution in [1.29, 1.82) is 0 Å². The highest BCUT2D eigenvalue weighted by Gasteiger charge is 2.28. The normalized spacial score (nSPS) is 10.4. The summed E-state index contributed by atoms with van der Waals surface area (Å²) < 4.78 is 4.81. The van der Waals surface area contributed by atoms with Crippen LogP contribution in [0.3, 0.4) is 0 Å². The lowest BCUT2D eigenvalue weighted by Gasteiger charge is -2.06. The number of benzene rings is 1. The van der Waals surface area contributed by atoms with Gasteiger partial charge in [0.1, 0.15) is 11.3 Å². The second kappa shape index (κ2) is 6.06. The van der Waals surface area contributed by atoms with Gasteiger partial charge in [0.05, 0.1) is 21.6 Å². The number of aromatic amines is 1. The Morgan fingerprint density at radius 3 is 2.76 bits per heavy atom. The third-order valence-electron chi connectivity index (χ3n) is 2.52. The highest BCUT2D eigenvalue weighted by Crippen LogP contribution is 2.40. The summed E-state index contributed by atoms with van der Waals surface area (Å²) in [5.74, 6) is -0.772. The lowest BCUT2D eigenvalue weighted by molar-refractivity contribution is -0.384. The number of rotatable bonds is 4. The van der Waals surface area contributed by atoms with Crippen LogP contribution in [0.2, 0.25) is 10.0 Å². The number of carbonyl (C=O) groups is 1. The fourth-order valence-corrected chi connectivity index (χ4v) is 2.07. The molecule has 1 aromatic carbocycles. The van der Waals surface area contributed by atoms with Crippen molar-refractivity contribution < 1.29 is 14.5 Å². The minimum Gasteiger partial charge on any atom is -0.461 e. The van der Waals surface area contributed by atoms with E-state index in [0.717, 1.165) is 0 Å². The lowest BCUT2D eigenvalue weighted by atomic mass is 10.1. The van der Waals surface area contributed by atoms with Crippen molar-refractivity contribution in [3.63, 3.8) is 0 Å². The van der Waals surface area contributed by atoms with Crippen LogP contribution in [0.4, 0.5) is 5.69 Å². The number of nitro groups is 1.